The van der Waals surface area contributed by atoms with Gasteiger partial charge in [-0.25, -0.2) is 0 Å². The van der Waals surface area contributed by atoms with Gasteiger partial charge in [-0.1, -0.05) is 36.4 Å². The van der Waals surface area contributed by atoms with Crippen molar-refractivity contribution >= 4 is 17.4 Å². The topological polar surface area (TPSA) is 98.2 Å². The molecular formula is C35H32N2O6. The van der Waals surface area contributed by atoms with Crippen molar-refractivity contribution in [2.75, 3.05) is 6.61 Å². The lowest BCUT2D eigenvalue weighted by atomic mass is 9.94. The number of amides is 1. The second kappa shape index (κ2) is 12.0. The third kappa shape index (κ3) is 5.68. The summed E-state index contributed by atoms with van der Waals surface area (Å²) in [5.41, 5.74) is 3.84. The van der Waals surface area contributed by atoms with E-state index in [-0.39, 0.29) is 24.0 Å². The number of fused-ring (bicyclic) bond motifs is 1. The number of aliphatic hydroxyl groups is 1. The molecule has 1 fully saturated rings. The van der Waals surface area contributed by atoms with Crippen LogP contribution in [0, 0.1) is 0 Å². The molecule has 2 aliphatic rings. The minimum absolute atomic E-state index is 0.0198. The average Bonchev–Trinajstić information content (AvgIpc) is 3.52. The highest BCUT2D eigenvalue weighted by atomic mass is 16.5. The Morgan fingerprint density at radius 2 is 1.74 bits per heavy atom. The van der Waals surface area contributed by atoms with Crippen LogP contribution in [0.2, 0.25) is 0 Å². The van der Waals surface area contributed by atoms with E-state index < -0.39 is 17.7 Å². The molecule has 1 aromatic heterocycles. The van der Waals surface area contributed by atoms with Crippen LogP contribution in [0.3, 0.4) is 0 Å². The molecule has 8 heteroatoms. The van der Waals surface area contributed by atoms with Crippen molar-refractivity contribution in [2.45, 2.75) is 45.6 Å². The zero-order valence-electron chi connectivity index (χ0n) is 24.0. The van der Waals surface area contributed by atoms with E-state index in [0.717, 1.165) is 22.4 Å². The molecule has 6 rings (SSSR count). The number of hydrogen-bond acceptors (Lipinski definition) is 7. The number of hydrogen-bond donors (Lipinski definition) is 1. The minimum Gasteiger partial charge on any atom is -0.507 e. The van der Waals surface area contributed by atoms with Crippen molar-refractivity contribution < 1.29 is 28.9 Å². The Labute approximate surface area is 250 Å². The summed E-state index contributed by atoms with van der Waals surface area (Å²) in [6.45, 7) is 4.74. The van der Waals surface area contributed by atoms with E-state index in [9.17, 15) is 14.7 Å². The fourth-order valence-electron chi connectivity index (χ4n) is 5.62. The standard InChI is InChI=1S/C35H32N2O6/c1-3-41-30-19-25(9-12-29(30)42-21-24-7-5-4-6-8-24)32-31(33(38)26-10-11-28-27(18-26)17-22(2)43-28)34(39)35(40)37(32)20-23-13-15-36-16-14-23/h4-16,18-19,22,32,38H,3,17,20-21H2,1-2H3/t22-,32-/m0/s1. The molecule has 2 atom stereocenters. The molecule has 2 aliphatic heterocycles. The van der Waals surface area contributed by atoms with Gasteiger partial charge in [0.2, 0.25) is 0 Å². The van der Waals surface area contributed by atoms with Gasteiger partial charge < -0.3 is 24.2 Å². The Morgan fingerprint density at radius 1 is 0.953 bits per heavy atom. The Kier molecular flexibility index (Phi) is 7.83. The molecule has 218 valence electrons. The van der Waals surface area contributed by atoms with Crippen LogP contribution in [-0.4, -0.2) is 39.4 Å². The maximum absolute atomic E-state index is 13.6. The summed E-state index contributed by atoms with van der Waals surface area (Å²) >= 11 is 0. The number of likely N-dealkylation sites (tertiary alicyclic amines) is 1. The van der Waals surface area contributed by atoms with Crippen LogP contribution in [0.5, 0.6) is 17.2 Å². The summed E-state index contributed by atoms with van der Waals surface area (Å²) in [5.74, 6) is 0.103. The van der Waals surface area contributed by atoms with E-state index in [2.05, 4.69) is 4.98 Å². The molecule has 0 spiro atoms. The van der Waals surface area contributed by atoms with Gasteiger partial charge in [0.1, 0.15) is 24.2 Å². The monoisotopic (exact) mass is 576 g/mol. The smallest absolute Gasteiger partial charge is 0.295 e. The summed E-state index contributed by atoms with van der Waals surface area (Å²) in [6.07, 6.45) is 4.00. The van der Waals surface area contributed by atoms with E-state index in [1.54, 1.807) is 48.8 Å². The largest absolute Gasteiger partial charge is 0.507 e. The third-order valence-corrected chi connectivity index (χ3v) is 7.63. The van der Waals surface area contributed by atoms with E-state index in [4.69, 9.17) is 14.2 Å². The van der Waals surface area contributed by atoms with Gasteiger partial charge in [0.05, 0.1) is 18.2 Å². The molecule has 1 amide bonds. The Hall–Kier alpha value is -5.11. The van der Waals surface area contributed by atoms with E-state index in [1.807, 2.05) is 56.3 Å². The number of carbonyl (C=O) groups is 2. The molecule has 8 nitrogen and oxygen atoms in total. The van der Waals surface area contributed by atoms with Crippen molar-refractivity contribution in [3.63, 3.8) is 0 Å². The number of aromatic nitrogens is 1. The highest BCUT2D eigenvalue weighted by Crippen LogP contribution is 2.43. The number of carbonyl (C=O) groups excluding carboxylic acids is 2. The molecule has 3 aromatic carbocycles. The van der Waals surface area contributed by atoms with Gasteiger partial charge in [-0.3, -0.25) is 14.6 Å². The molecule has 43 heavy (non-hydrogen) atoms. The number of pyridine rings is 1. The summed E-state index contributed by atoms with van der Waals surface area (Å²) in [7, 11) is 0. The normalized spacial score (nSPS) is 18.8. The predicted octanol–water partition coefficient (Wildman–Crippen LogP) is 6.00. The van der Waals surface area contributed by atoms with E-state index in [0.29, 0.717) is 42.3 Å². The van der Waals surface area contributed by atoms with Gasteiger partial charge in [0.15, 0.2) is 11.5 Å². The molecule has 0 aliphatic carbocycles. The maximum Gasteiger partial charge on any atom is 0.295 e. The van der Waals surface area contributed by atoms with Gasteiger partial charge in [-0.05, 0) is 78.6 Å². The van der Waals surface area contributed by atoms with Crippen molar-refractivity contribution in [3.8, 4) is 17.2 Å². The first-order chi connectivity index (χ1) is 20.9. The number of nitrogens with zero attached hydrogens (tertiary/aromatic N) is 2. The summed E-state index contributed by atoms with van der Waals surface area (Å²) < 4.78 is 17.9. The second-order valence-corrected chi connectivity index (χ2v) is 10.7. The fraction of sp³-hybridized carbons (Fsp3) is 0.229. The first kappa shape index (κ1) is 28.0. The lowest BCUT2D eigenvalue weighted by Crippen LogP contribution is -2.29. The highest BCUT2D eigenvalue weighted by Gasteiger charge is 2.46. The molecule has 0 bridgehead atoms. The van der Waals surface area contributed by atoms with Crippen LogP contribution >= 0.6 is 0 Å². The van der Waals surface area contributed by atoms with Crippen molar-refractivity contribution in [1.29, 1.82) is 0 Å². The van der Waals surface area contributed by atoms with Crippen LogP contribution in [0.15, 0.2) is 96.8 Å². The zero-order chi connectivity index (χ0) is 29.9. The fourth-order valence-corrected chi connectivity index (χ4v) is 5.62. The minimum atomic E-state index is -0.862. The lowest BCUT2D eigenvalue weighted by Gasteiger charge is -2.26. The Morgan fingerprint density at radius 3 is 2.51 bits per heavy atom. The number of benzene rings is 3. The van der Waals surface area contributed by atoms with Crippen molar-refractivity contribution in [2.24, 2.45) is 0 Å². The molecule has 0 saturated carbocycles. The number of rotatable bonds is 9. The van der Waals surface area contributed by atoms with Gasteiger partial charge in [-0.15, -0.1) is 0 Å². The van der Waals surface area contributed by atoms with Crippen LogP contribution in [-0.2, 0) is 29.2 Å². The number of Topliss-reactive ketones (excluding diaryl/α,β-unsaturated/α-hetero) is 1. The van der Waals surface area contributed by atoms with Crippen LogP contribution < -0.4 is 14.2 Å². The Bertz CT molecular complexity index is 1690. The first-order valence-corrected chi connectivity index (χ1v) is 14.3. The van der Waals surface area contributed by atoms with Gasteiger partial charge in [0, 0.05) is 30.9 Å². The maximum atomic E-state index is 13.6. The van der Waals surface area contributed by atoms with E-state index in [1.165, 1.54) is 4.90 Å². The van der Waals surface area contributed by atoms with Gasteiger partial charge in [-0.2, -0.15) is 0 Å². The number of ether oxygens (including phenoxy) is 3. The van der Waals surface area contributed by atoms with Crippen LogP contribution in [0.25, 0.3) is 5.76 Å². The molecule has 0 radical (unpaired) electrons. The van der Waals surface area contributed by atoms with Crippen molar-refractivity contribution in [1.82, 2.24) is 9.88 Å². The van der Waals surface area contributed by atoms with Crippen molar-refractivity contribution in [3.05, 3.63) is 125 Å². The molecule has 4 aromatic rings. The second-order valence-electron chi connectivity index (χ2n) is 10.7. The first-order valence-electron chi connectivity index (χ1n) is 14.3. The van der Waals surface area contributed by atoms with Gasteiger partial charge in [0.25, 0.3) is 11.7 Å². The van der Waals surface area contributed by atoms with Crippen LogP contribution in [0.4, 0.5) is 0 Å². The highest BCUT2D eigenvalue weighted by molar-refractivity contribution is 6.46. The molecular weight excluding hydrogens is 544 g/mol. The van der Waals surface area contributed by atoms with E-state index >= 15 is 0 Å². The SMILES string of the molecule is CCOc1cc([C@H]2C(=C(O)c3ccc4c(c3)C[C@H](C)O4)C(=O)C(=O)N2Cc2ccncc2)ccc1OCc1ccccc1. The van der Waals surface area contributed by atoms with Gasteiger partial charge >= 0.3 is 0 Å². The molecule has 0 unspecified atom stereocenters. The molecule has 1 N–H and O–H groups in total. The zero-order valence-corrected chi connectivity index (χ0v) is 24.0. The summed E-state index contributed by atoms with van der Waals surface area (Å²) in [4.78, 5) is 32.7. The quantitative estimate of drug-likeness (QED) is 0.148. The number of ketones is 1. The molecule has 1 saturated heterocycles. The van der Waals surface area contributed by atoms with Crippen LogP contribution in [0.1, 0.15) is 47.7 Å². The lowest BCUT2D eigenvalue weighted by molar-refractivity contribution is -0.140. The average molecular weight is 577 g/mol. The summed E-state index contributed by atoms with van der Waals surface area (Å²) in [5, 5.41) is 11.6. The Balaban J connectivity index is 1.43. The molecule has 3 heterocycles. The summed E-state index contributed by atoms with van der Waals surface area (Å²) in [6, 6.07) is 23.2. The predicted molar refractivity (Wildman–Crippen MR) is 161 cm³/mol. The number of aliphatic hydroxyl groups excluding tert-OH is 1. The third-order valence-electron chi connectivity index (χ3n) is 7.63.